The van der Waals surface area contributed by atoms with Crippen molar-refractivity contribution in [3.05, 3.63) is 23.9 Å². The van der Waals surface area contributed by atoms with E-state index in [1.165, 1.54) is 0 Å². The molecule has 4 rings (SSSR count). The van der Waals surface area contributed by atoms with Gasteiger partial charge < -0.3 is 25.0 Å². The Kier molecular flexibility index (Phi) is 5.41. The fourth-order valence-electron chi connectivity index (χ4n) is 4.48. The first-order chi connectivity index (χ1) is 14.7. The second-order valence-electron chi connectivity index (χ2n) is 9.03. The molecule has 1 aromatic carbocycles. The number of carbonyl (C=O) groups is 1. The van der Waals surface area contributed by atoms with Crippen LogP contribution in [0.3, 0.4) is 0 Å². The molecule has 1 saturated heterocycles. The molecule has 0 amide bonds. The third kappa shape index (κ3) is 3.86. The number of ether oxygens (including phenoxy) is 2. The Balaban J connectivity index is 1.55. The first-order valence-corrected chi connectivity index (χ1v) is 10.7. The predicted octanol–water partition coefficient (Wildman–Crippen LogP) is 2.87. The van der Waals surface area contributed by atoms with E-state index >= 15 is 0 Å². The minimum absolute atomic E-state index is 0.0195. The zero-order valence-electron chi connectivity index (χ0n) is 18.9. The average molecular weight is 426 g/mol. The van der Waals surface area contributed by atoms with Gasteiger partial charge in [-0.15, -0.1) is 0 Å². The van der Waals surface area contributed by atoms with E-state index < -0.39 is 0 Å². The number of carbonyl (C=O) groups excluding carboxylic acids is 1. The Bertz CT molecular complexity index is 1040. The number of aromatic nitrogens is 2. The van der Waals surface area contributed by atoms with Gasteiger partial charge in [-0.1, -0.05) is 20.8 Å². The Morgan fingerprint density at radius 1 is 1.03 bits per heavy atom. The monoisotopic (exact) mass is 425 g/mol. The van der Waals surface area contributed by atoms with Gasteiger partial charge in [-0.2, -0.15) is 4.98 Å². The van der Waals surface area contributed by atoms with Gasteiger partial charge in [-0.05, 0) is 11.5 Å². The maximum Gasteiger partial charge on any atom is 0.228 e. The van der Waals surface area contributed by atoms with Crippen molar-refractivity contribution >= 4 is 28.5 Å². The second-order valence-corrected chi connectivity index (χ2v) is 9.03. The van der Waals surface area contributed by atoms with E-state index in [1.807, 2.05) is 12.1 Å². The summed E-state index contributed by atoms with van der Waals surface area (Å²) < 4.78 is 10.8. The van der Waals surface area contributed by atoms with Crippen molar-refractivity contribution in [2.45, 2.75) is 27.2 Å². The molecule has 1 fully saturated rings. The third-order valence-corrected chi connectivity index (χ3v) is 6.70. The van der Waals surface area contributed by atoms with E-state index in [0.29, 0.717) is 35.6 Å². The van der Waals surface area contributed by atoms with Crippen LogP contribution in [0.15, 0.2) is 23.9 Å². The average Bonchev–Trinajstić information content (AvgIpc) is 2.75. The molecule has 2 aliphatic rings. The number of fused-ring (bicyclic) bond motifs is 1. The predicted molar refractivity (Wildman–Crippen MR) is 121 cm³/mol. The second kappa shape index (κ2) is 7.90. The molecule has 31 heavy (non-hydrogen) atoms. The van der Waals surface area contributed by atoms with Crippen LogP contribution in [0.4, 0.5) is 11.8 Å². The van der Waals surface area contributed by atoms with Crippen LogP contribution in [0.2, 0.25) is 0 Å². The van der Waals surface area contributed by atoms with Gasteiger partial charge in [0.15, 0.2) is 17.3 Å². The van der Waals surface area contributed by atoms with Crippen molar-refractivity contribution in [1.29, 1.82) is 0 Å². The summed E-state index contributed by atoms with van der Waals surface area (Å²) in [4.78, 5) is 26.0. The van der Waals surface area contributed by atoms with Crippen molar-refractivity contribution in [1.82, 2.24) is 14.9 Å². The molecule has 2 heterocycles. The van der Waals surface area contributed by atoms with Gasteiger partial charge in [0.2, 0.25) is 5.95 Å². The van der Waals surface area contributed by atoms with Gasteiger partial charge in [0.25, 0.3) is 0 Å². The summed E-state index contributed by atoms with van der Waals surface area (Å²) in [7, 11) is 3.19. The molecule has 1 atom stereocenters. The number of nitrogens with two attached hydrogens (primary N) is 1. The molecule has 0 bridgehead atoms. The normalized spacial score (nSPS) is 21.3. The van der Waals surface area contributed by atoms with Crippen molar-refractivity contribution in [2.24, 2.45) is 11.3 Å². The highest BCUT2D eigenvalue weighted by Gasteiger charge is 2.37. The molecule has 1 unspecified atom stereocenters. The highest BCUT2D eigenvalue weighted by Crippen LogP contribution is 2.41. The quantitative estimate of drug-likeness (QED) is 0.799. The molecule has 2 N–H and O–H groups in total. The highest BCUT2D eigenvalue weighted by molar-refractivity contribution is 5.92. The lowest BCUT2D eigenvalue weighted by Crippen LogP contribution is -2.49. The molecule has 2 aromatic rings. The molecule has 0 radical (unpaired) electrons. The highest BCUT2D eigenvalue weighted by atomic mass is 16.5. The summed E-state index contributed by atoms with van der Waals surface area (Å²) in [6, 6.07) is 3.63. The smallest absolute Gasteiger partial charge is 0.228 e. The summed E-state index contributed by atoms with van der Waals surface area (Å²) in [5.74, 6) is 2.79. The Morgan fingerprint density at radius 2 is 1.65 bits per heavy atom. The van der Waals surface area contributed by atoms with Gasteiger partial charge in [-0.3, -0.25) is 4.79 Å². The van der Waals surface area contributed by atoms with Crippen LogP contribution in [0.5, 0.6) is 11.5 Å². The van der Waals surface area contributed by atoms with E-state index in [0.717, 1.165) is 42.8 Å². The fourth-order valence-corrected chi connectivity index (χ4v) is 4.48. The summed E-state index contributed by atoms with van der Waals surface area (Å²) in [5, 5.41) is 0.738. The van der Waals surface area contributed by atoms with Crippen molar-refractivity contribution in [3.63, 3.8) is 0 Å². The van der Waals surface area contributed by atoms with Crippen molar-refractivity contribution in [3.8, 4) is 11.5 Å². The SMILES string of the molecule is COc1cc2nc(N3CCN(C4=CC(=O)CC(C)(C)C4C)CC3)nc(N)c2cc1OC. The third-order valence-electron chi connectivity index (χ3n) is 6.70. The molecular formula is C23H31N5O3. The van der Waals surface area contributed by atoms with E-state index in [1.54, 1.807) is 20.3 Å². The van der Waals surface area contributed by atoms with Gasteiger partial charge in [0, 0.05) is 61.7 Å². The molecule has 0 spiro atoms. The van der Waals surface area contributed by atoms with Crippen LogP contribution < -0.4 is 20.1 Å². The van der Waals surface area contributed by atoms with Crippen LogP contribution >= 0.6 is 0 Å². The number of benzene rings is 1. The Morgan fingerprint density at radius 3 is 2.29 bits per heavy atom. The van der Waals surface area contributed by atoms with E-state index in [9.17, 15) is 4.79 Å². The van der Waals surface area contributed by atoms with Crippen LogP contribution in [-0.4, -0.2) is 61.0 Å². The molecule has 1 aliphatic carbocycles. The van der Waals surface area contributed by atoms with E-state index in [-0.39, 0.29) is 11.2 Å². The maximum atomic E-state index is 12.3. The summed E-state index contributed by atoms with van der Waals surface area (Å²) >= 11 is 0. The number of allylic oxidation sites excluding steroid dienone is 2. The molecular weight excluding hydrogens is 394 g/mol. The molecule has 1 aliphatic heterocycles. The maximum absolute atomic E-state index is 12.3. The summed E-state index contributed by atoms with van der Waals surface area (Å²) in [6.45, 7) is 9.72. The lowest BCUT2D eigenvalue weighted by Gasteiger charge is -2.44. The van der Waals surface area contributed by atoms with Gasteiger partial charge in [0.1, 0.15) is 5.82 Å². The zero-order valence-corrected chi connectivity index (χ0v) is 18.9. The van der Waals surface area contributed by atoms with E-state index in [2.05, 4.69) is 35.6 Å². The number of ketones is 1. The zero-order chi connectivity index (χ0) is 22.3. The molecule has 0 saturated carbocycles. The number of hydrogen-bond donors (Lipinski definition) is 1. The van der Waals surface area contributed by atoms with Gasteiger partial charge in [0.05, 0.1) is 19.7 Å². The summed E-state index contributed by atoms with van der Waals surface area (Å²) in [6.07, 6.45) is 2.45. The lowest BCUT2D eigenvalue weighted by atomic mass is 9.70. The number of anilines is 2. The number of piperazine rings is 1. The van der Waals surface area contributed by atoms with Crippen molar-refractivity contribution < 1.29 is 14.3 Å². The largest absolute Gasteiger partial charge is 0.493 e. The standard InChI is InChI=1S/C23H31N5O3/c1-14-18(10-15(29)13-23(14,2)3)27-6-8-28(9-7-27)22-25-17-12-20(31-5)19(30-4)11-16(17)21(24)26-22/h10-12,14H,6-9,13H2,1-5H3,(H2,24,25,26). The van der Waals surface area contributed by atoms with Gasteiger partial charge >= 0.3 is 0 Å². The topological polar surface area (TPSA) is 93.8 Å². The van der Waals surface area contributed by atoms with Crippen LogP contribution in [0.25, 0.3) is 10.9 Å². The van der Waals surface area contributed by atoms with Crippen molar-refractivity contribution in [2.75, 3.05) is 51.0 Å². The number of nitrogens with zero attached hydrogens (tertiary/aromatic N) is 4. The number of nitrogen functional groups attached to an aromatic ring is 1. The Labute approximate surface area is 183 Å². The number of hydrogen-bond acceptors (Lipinski definition) is 8. The van der Waals surface area contributed by atoms with Gasteiger partial charge in [-0.25, -0.2) is 4.98 Å². The number of rotatable bonds is 4. The molecule has 1 aromatic heterocycles. The molecule has 166 valence electrons. The summed E-state index contributed by atoms with van der Waals surface area (Å²) in [5.41, 5.74) is 8.11. The number of methoxy groups -OCH3 is 2. The van der Waals surface area contributed by atoms with E-state index in [4.69, 9.17) is 20.2 Å². The molecule has 8 heteroatoms. The first-order valence-electron chi connectivity index (χ1n) is 10.7. The fraction of sp³-hybridized carbons (Fsp3) is 0.522. The van der Waals surface area contributed by atoms with Crippen LogP contribution in [0, 0.1) is 11.3 Å². The van der Waals surface area contributed by atoms with Crippen LogP contribution in [-0.2, 0) is 4.79 Å². The minimum atomic E-state index is -0.0195. The van der Waals surface area contributed by atoms with Crippen LogP contribution in [0.1, 0.15) is 27.2 Å². The first kappa shape index (κ1) is 21.2. The lowest BCUT2D eigenvalue weighted by molar-refractivity contribution is -0.118. The minimum Gasteiger partial charge on any atom is -0.493 e. The molecule has 8 nitrogen and oxygen atoms in total. The Hall–Kier alpha value is -3.03.